The number of rotatable bonds is 4. The van der Waals surface area contributed by atoms with E-state index in [1.807, 2.05) is 37.3 Å². The van der Waals surface area contributed by atoms with Crippen LogP contribution >= 0.6 is 0 Å². The summed E-state index contributed by atoms with van der Waals surface area (Å²) in [6.07, 6.45) is -0.802. The molecule has 21 heavy (non-hydrogen) atoms. The average Bonchev–Trinajstić information content (AvgIpc) is 2.47. The summed E-state index contributed by atoms with van der Waals surface area (Å²) in [5, 5.41) is 9.05. The lowest BCUT2D eigenvalue weighted by Crippen LogP contribution is -2.51. The van der Waals surface area contributed by atoms with Crippen molar-refractivity contribution in [1.29, 1.82) is 0 Å². The Labute approximate surface area is 124 Å². The number of carboxylic acid groups (broad SMARTS) is 1. The SMILES string of the molecule is CC(CC(=O)N1CC(C(=O)O)O[C@H](C)C1)c1ccccc1. The van der Waals surface area contributed by atoms with Gasteiger partial charge in [0.1, 0.15) is 0 Å². The van der Waals surface area contributed by atoms with E-state index in [2.05, 4.69) is 0 Å². The smallest absolute Gasteiger partial charge is 0.334 e. The highest BCUT2D eigenvalue weighted by molar-refractivity contribution is 5.79. The number of nitrogens with zero attached hydrogens (tertiary/aromatic N) is 1. The van der Waals surface area contributed by atoms with E-state index in [1.165, 1.54) is 0 Å². The fraction of sp³-hybridized carbons (Fsp3) is 0.500. The van der Waals surface area contributed by atoms with E-state index in [0.717, 1.165) is 5.56 Å². The summed E-state index contributed by atoms with van der Waals surface area (Å²) in [4.78, 5) is 25.0. The number of carbonyl (C=O) groups excluding carboxylic acids is 1. The van der Waals surface area contributed by atoms with Crippen LogP contribution in [0.25, 0.3) is 0 Å². The minimum absolute atomic E-state index is 0.0206. The minimum Gasteiger partial charge on any atom is -0.479 e. The van der Waals surface area contributed by atoms with E-state index in [1.54, 1.807) is 11.8 Å². The summed E-state index contributed by atoms with van der Waals surface area (Å²) < 4.78 is 5.32. The molecular formula is C16H21NO4. The van der Waals surface area contributed by atoms with Gasteiger partial charge in [-0.1, -0.05) is 37.3 Å². The number of hydrogen-bond donors (Lipinski definition) is 1. The van der Waals surface area contributed by atoms with Gasteiger partial charge < -0.3 is 14.7 Å². The molecule has 1 aromatic carbocycles. The van der Waals surface area contributed by atoms with E-state index in [-0.39, 0.29) is 24.5 Å². The fourth-order valence-electron chi connectivity index (χ4n) is 2.58. The predicted octanol–water partition coefficient (Wildman–Crippen LogP) is 1.88. The van der Waals surface area contributed by atoms with Crippen molar-refractivity contribution in [2.45, 2.75) is 38.4 Å². The maximum absolute atomic E-state index is 12.4. The van der Waals surface area contributed by atoms with E-state index >= 15 is 0 Å². The van der Waals surface area contributed by atoms with Crippen LogP contribution in [-0.2, 0) is 14.3 Å². The molecule has 0 aromatic heterocycles. The maximum Gasteiger partial charge on any atom is 0.334 e. The number of benzene rings is 1. The quantitative estimate of drug-likeness (QED) is 0.920. The Kier molecular flexibility index (Phi) is 4.96. The van der Waals surface area contributed by atoms with E-state index < -0.39 is 12.1 Å². The number of ether oxygens (including phenoxy) is 1. The maximum atomic E-state index is 12.4. The molecule has 1 heterocycles. The lowest BCUT2D eigenvalue weighted by Gasteiger charge is -2.35. The van der Waals surface area contributed by atoms with Crippen molar-refractivity contribution in [3.63, 3.8) is 0 Å². The summed E-state index contributed by atoms with van der Waals surface area (Å²) in [7, 11) is 0. The van der Waals surface area contributed by atoms with Crippen LogP contribution in [-0.4, -0.2) is 47.2 Å². The molecule has 1 aromatic rings. The first-order chi connectivity index (χ1) is 9.97. The standard InChI is InChI=1S/C16H21NO4/c1-11(13-6-4-3-5-7-13)8-15(18)17-9-12(2)21-14(10-17)16(19)20/h3-7,11-12,14H,8-10H2,1-2H3,(H,19,20)/t11?,12-,14?/m1/s1. The van der Waals surface area contributed by atoms with Crippen molar-refractivity contribution in [1.82, 2.24) is 4.90 Å². The topological polar surface area (TPSA) is 66.8 Å². The molecule has 5 nitrogen and oxygen atoms in total. The van der Waals surface area contributed by atoms with Gasteiger partial charge in [0.2, 0.25) is 5.91 Å². The van der Waals surface area contributed by atoms with Crippen molar-refractivity contribution in [3.05, 3.63) is 35.9 Å². The summed E-state index contributed by atoms with van der Waals surface area (Å²) in [6.45, 7) is 4.37. The molecule has 1 aliphatic heterocycles. The predicted molar refractivity (Wildman–Crippen MR) is 78.0 cm³/mol. The molecule has 2 unspecified atom stereocenters. The molecule has 0 aliphatic carbocycles. The van der Waals surface area contributed by atoms with E-state index in [4.69, 9.17) is 9.84 Å². The Bertz CT molecular complexity index is 502. The number of aliphatic carboxylic acids is 1. The summed E-state index contributed by atoms with van der Waals surface area (Å²) in [5.41, 5.74) is 1.11. The summed E-state index contributed by atoms with van der Waals surface area (Å²) in [6, 6.07) is 9.85. The van der Waals surface area contributed by atoms with Crippen molar-refractivity contribution in [2.24, 2.45) is 0 Å². The highest BCUT2D eigenvalue weighted by atomic mass is 16.5. The number of amides is 1. The molecule has 0 bridgehead atoms. The number of hydrogen-bond acceptors (Lipinski definition) is 3. The molecule has 5 heteroatoms. The molecule has 0 saturated carbocycles. The van der Waals surface area contributed by atoms with Gasteiger partial charge in [0.25, 0.3) is 0 Å². The second-order valence-electron chi connectivity index (χ2n) is 5.59. The lowest BCUT2D eigenvalue weighted by atomic mass is 9.97. The molecule has 1 N–H and O–H groups in total. The van der Waals surface area contributed by atoms with Gasteiger partial charge in [0.15, 0.2) is 6.10 Å². The highest BCUT2D eigenvalue weighted by Crippen LogP contribution is 2.21. The summed E-state index contributed by atoms with van der Waals surface area (Å²) in [5.74, 6) is -0.927. The number of morpholine rings is 1. The second kappa shape index (κ2) is 6.72. The lowest BCUT2D eigenvalue weighted by molar-refractivity contribution is -0.166. The largest absolute Gasteiger partial charge is 0.479 e. The van der Waals surface area contributed by atoms with Crippen LogP contribution in [0.1, 0.15) is 31.7 Å². The van der Waals surface area contributed by atoms with E-state index in [0.29, 0.717) is 13.0 Å². The monoisotopic (exact) mass is 291 g/mol. The first-order valence-electron chi connectivity index (χ1n) is 7.18. The zero-order valence-electron chi connectivity index (χ0n) is 12.4. The van der Waals surface area contributed by atoms with Gasteiger partial charge >= 0.3 is 5.97 Å². The third-order valence-electron chi connectivity index (χ3n) is 3.74. The van der Waals surface area contributed by atoms with Gasteiger partial charge in [-0.2, -0.15) is 0 Å². The molecule has 1 fully saturated rings. The van der Waals surface area contributed by atoms with Crippen LogP contribution in [0.2, 0.25) is 0 Å². The molecule has 3 atom stereocenters. The Balaban J connectivity index is 1.98. The second-order valence-corrected chi connectivity index (χ2v) is 5.59. The average molecular weight is 291 g/mol. The third-order valence-corrected chi connectivity index (χ3v) is 3.74. The Morgan fingerprint density at radius 2 is 2.00 bits per heavy atom. The molecule has 1 amide bonds. The number of carboxylic acids is 1. The molecule has 114 valence electrons. The first kappa shape index (κ1) is 15.5. The zero-order valence-corrected chi connectivity index (χ0v) is 12.4. The highest BCUT2D eigenvalue weighted by Gasteiger charge is 2.32. The van der Waals surface area contributed by atoms with Crippen LogP contribution < -0.4 is 0 Å². The van der Waals surface area contributed by atoms with Gasteiger partial charge in [0.05, 0.1) is 12.6 Å². The Hall–Kier alpha value is -1.88. The molecule has 2 rings (SSSR count). The van der Waals surface area contributed by atoms with Gasteiger partial charge in [-0.15, -0.1) is 0 Å². The number of carbonyl (C=O) groups is 2. The summed E-state index contributed by atoms with van der Waals surface area (Å²) >= 11 is 0. The zero-order chi connectivity index (χ0) is 15.4. The van der Waals surface area contributed by atoms with Crippen molar-refractivity contribution in [3.8, 4) is 0 Å². The van der Waals surface area contributed by atoms with Gasteiger partial charge in [-0.3, -0.25) is 4.79 Å². The van der Waals surface area contributed by atoms with E-state index in [9.17, 15) is 9.59 Å². The molecule has 0 spiro atoms. The third kappa shape index (κ3) is 4.04. The molecular weight excluding hydrogens is 270 g/mol. The van der Waals surface area contributed by atoms with Crippen LogP contribution in [0.5, 0.6) is 0 Å². The Morgan fingerprint density at radius 1 is 1.33 bits per heavy atom. The first-order valence-corrected chi connectivity index (χ1v) is 7.18. The van der Waals surface area contributed by atoms with Crippen molar-refractivity contribution in [2.75, 3.05) is 13.1 Å². The van der Waals surface area contributed by atoms with Gasteiger partial charge in [0, 0.05) is 13.0 Å². The molecule has 0 radical (unpaired) electrons. The minimum atomic E-state index is -1.02. The van der Waals surface area contributed by atoms with Crippen molar-refractivity contribution < 1.29 is 19.4 Å². The van der Waals surface area contributed by atoms with Crippen LogP contribution in [0.3, 0.4) is 0 Å². The normalized spacial score (nSPS) is 23.6. The van der Waals surface area contributed by atoms with Gasteiger partial charge in [-0.05, 0) is 18.4 Å². The van der Waals surface area contributed by atoms with Gasteiger partial charge in [-0.25, -0.2) is 4.79 Å². The molecule has 1 saturated heterocycles. The fourth-order valence-corrected chi connectivity index (χ4v) is 2.58. The van der Waals surface area contributed by atoms with Crippen LogP contribution in [0.4, 0.5) is 0 Å². The van der Waals surface area contributed by atoms with Crippen molar-refractivity contribution >= 4 is 11.9 Å². The van der Waals surface area contributed by atoms with Crippen LogP contribution in [0.15, 0.2) is 30.3 Å². The Morgan fingerprint density at radius 3 is 2.62 bits per heavy atom. The van der Waals surface area contributed by atoms with Crippen LogP contribution in [0, 0.1) is 0 Å². The molecule has 1 aliphatic rings.